The Morgan fingerprint density at radius 3 is 2.64 bits per heavy atom. The molecule has 56 valence electrons. The third-order valence-corrected chi connectivity index (χ3v) is 1.38. The van der Waals surface area contributed by atoms with E-state index < -0.39 is 4.92 Å². The Balaban J connectivity index is 3.20. The van der Waals surface area contributed by atoms with Crippen molar-refractivity contribution < 1.29 is 10.0 Å². The van der Waals surface area contributed by atoms with Gasteiger partial charge in [-0.2, -0.15) is 0 Å². The van der Waals surface area contributed by atoms with Crippen LogP contribution in [0.5, 0.6) is 5.75 Å². The lowest BCUT2D eigenvalue weighted by atomic mass is 9.94. The molecule has 0 fully saturated rings. The number of hydrogen-bond acceptors (Lipinski definition) is 3. The van der Waals surface area contributed by atoms with Gasteiger partial charge < -0.3 is 5.11 Å². The summed E-state index contributed by atoms with van der Waals surface area (Å²) in [5, 5.41) is 19.2. The van der Waals surface area contributed by atoms with E-state index in [0.717, 1.165) is 0 Å². The first kappa shape index (κ1) is 7.59. The van der Waals surface area contributed by atoms with Gasteiger partial charge in [0.2, 0.25) is 0 Å². The molecule has 0 saturated heterocycles. The number of hydrogen-bond donors (Lipinski definition) is 1. The van der Waals surface area contributed by atoms with Crippen molar-refractivity contribution in [1.29, 1.82) is 0 Å². The second-order valence-corrected chi connectivity index (χ2v) is 2.23. The molecule has 0 bridgehead atoms. The first-order chi connectivity index (χ1) is 5.11. The summed E-state index contributed by atoms with van der Waals surface area (Å²) < 4.78 is 0. The van der Waals surface area contributed by atoms with Crippen molar-refractivity contribution in [3.8, 4) is 5.75 Å². The fourth-order valence-electron chi connectivity index (χ4n) is 0.844. The molecule has 0 aliphatic rings. The number of aromatic hydroxyl groups is 1. The minimum absolute atomic E-state index is 0.0304. The molecule has 1 rings (SSSR count). The molecule has 0 radical (unpaired) electrons. The maximum Gasteiger partial charge on any atom is 0.263 e. The highest BCUT2D eigenvalue weighted by atomic mass is 16.6. The monoisotopic (exact) mass is 151 g/mol. The van der Waals surface area contributed by atoms with Gasteiger partial charge in [0.15, 0.2) is 0 Å². The SMILES string of the molecule is Bc1cc(O)ccc1[N+](=O)[O-]. The van der Waals surface area contributed by atoms with Gasteiger partial charge in [0, 0.05) is 6.07 Å². The Kier molecular flexibility index (Phi) is 1.80. The molecule has 0 saturated carbocycles. The number of nitro groups is 1. The van der Waals surface area contributed by atoms with Gasteiger partial charge in [-0.1, -0.05) is 0 Å². The van der Waals surface area contributed by atoms with E-state index in [1.807, 2.05) is 0 Å². The van der Waals surface area contributed by atoms with Crippen molar-refractivity contribution in [3.63, 3.8) is 0 Å². The van der Waals surface area contributed by atoms with Gasteiger partial charge >= 0.3 is 0 Å². The lowest BCUT2D eigenvalue weighted by Crippen LogP contribution is -2.08. The van der Waals surface area contributed by atoms with Crippen LogP contribution in [-0.2, 0) is 0 Å². The molecule has 0 heterocycles. The number of phenolic OH excluding ortho intramolecular Hbond substituents is 1. The Morgan fingerprint density at radius 1 is 1.55 bits per heavy atom. The van der Waals surface area contributed by atoms with E-state index >= 15 is 0 Å². The Labute approximate surface area is 64.0 Å². The van der Waals surface area contributed by atoms with Crippen LogP contribution in [0.2, 0.25) is 0 Å². The van der Waals surface area contributed by atoms with E-state index in [0.29, 0.717) is 5.46 Å². The van der Waals surface area contributed by atoms with Gasteiger partial charge in [-0.05, 0) is 17.6 Å². The molecule has 0 amide bonds. The third-order valence-electron chi connectivity index (χ3n) is 1.38. The molecule has 0 aliphatic heterocycles. The number of nitrogens with zero attached hydrogens (tertiary/aromatic N) is 1. The molecule has 5 heteroatoms. The van der Waals surface area contributed by atoms with Crippen LogP contribution in [0.1, 0.15) is 0 Å². The third kappa shape index (κ3) is 1.49. The van der Waals surface area contributed by atoms with Crippen LogP contribution in [0, 0.1) is 10.1 Å². The number of benzene rings is 1. The predicted octanol–water partition coefficient (Wildman–Crippen LogP) is -0.441. The van der Waals surface area contributed by atoms with E-state index in [-0.39, 0.29) is 11.4 Å². The molecule has 4 nitrogen and oxygen atoms in total. The topological polar surface area (TPSA) is 63.4 Å². The van der Waals surface area contributed by atoms with Gasteiger partial charge in [-0.3, -0.25) is 10.1 Å². The van der Waals surface area contributed by atoms with Crippen LogP contribution in [0.25, 0.3) is 0 Å². The van der Waals surface area contributed by atoms with Crippen molar-refractivity contribution in [1.82, 2.24) is 0 Å². The molecular weight excluding hydrogens is 145 g/mol. The van der Waals surface area contributed by atoms with Gasteiger partial charge in [0.1, 0.15) is 13.6 Å². The summed E-state index contributed by atoms with van der Waals surface area (Å²) in [5.74, 6) is 0.0492. The first-order valence-corrected chi connectivity index (χ1v) is 3.05. The summed E-state index contributed by atoms with van der Waals surface area (Å²) in [7, 11) is 1.58. The highest BCUT2D eigenvalue weighted by Crippen LogP contribution is 2.12. The zero-order valence-corrected chi connectivity index (χ0v) is 5.94. The second-order valence-electron chi connectivity index (χ2n) is 2.23. The zero-order chi connectivity index (χ0) is 8.43. The number of phenols is 1. The molecule has 0 spiro atoms. The van der Waals surface area contributed by atoms with Gasteiger partial charge in [0.05, 0.1) is 4.92 Å². The summed E-state index contributed by atoms with van der Waals surface area (Å²) in [4.78, 5) is 9.78. The smallest absolute Gasteiger partial charge is 0.263 e. The van der Waals surface area contributed by atoms with Gasteiger partial charge in [-0.15, -0.1) is 0 Å². The molecule has 1 aromatic rings. The summed E-state index contributed by atoms with van der Waals surface area (Å²) in [5.41, 5.74) is 0.498. The van der Waals surface area contributed by atoms with E-state index in [9.17, 15) is 10.1 Å². The lowest BCUT2D eigenvalue weighted by molar-refractivity contribution is -0.383. The molecule has 0 atom stereocenters. The minimum atomic E-state index is -0.477. The van der Waals surface area contributed by atoms with Crippen LogP contribution in [0.3, 0.4) is 0 Å². The average Bonchev–Trinajstić information content (AvgIpc) is 1.85. The van der Waals surface area contributed by atoms with Crippen LogP contribution >= 0.6 is 0 Å². The number of nitro benzene ring substituents is 1. The Bertz CT molecular complexity index is 300. The highest BCUT2D eigenvalue weighted by Gasteiger charge is 2.08. The Hall–Kier alpha value is -1.52. The maximum atomic E-state index is 10.3. The largest absolute Gasteiger partial charge is 0.508 e. The quantitative estimate of drug-likeness (QED) is 0.336. The zero-order valence-electron chi connectivity index (χ0n) is 5.94. The summed E-state index contributed by atoms with van der Waals surface area (Å²) in [6, 6.07) is 3.94. The molecule has 0 unspecified atom stereocenters. The van der Waals surface area contributed by atoms with Gasteiger partial charge in [-0.25, -0.2) is 0 Å². The highest BCUT2D eigenvalue weighted by molar-refractivity contribution is 6.35. The van der Waals surface area contributed by atoms with Crippen LogP contribution < -0.4 is 5.46 Å². The predicted molar refractivity (Wildman–Crippen MR) is 42.9 cm³/mol. The van der Waals surface area contributed by atoms with Crippen molar-refractivity contribution in [2.45, 2.75) is 0 Å². The maximum absolute atomic E-state index is 10.3. The van der Waals surface area contributed by atoms with Crippen molar-refractivity contribution >= 4 is 19.0 Å². The number of rotatable bonds is 1. The average molecular weight is 151 g/mol. The minimum Gasteiger partial charge on any atom is -0.508 e. The van der Waals surface area contributed by atoms with Crippen LogP contribution in [0.15, 0.2) is 18.2 Å². The molecule has 1 aromatic carbocycles. The molecule has 0 aromatic heterocycles. The van der Waals surface area contributed by atoms with Crippen molar-refractivity contribution in [2.75, 3.05) is 0 Å². The molecule has 11 heavy (non-hydrogen) atoms. The standard InChI is InChI=1S/C6H6BNO3/c7-5-3-4(9)1-2-6(5)8(10)11/h1-3,9H,7H2. The van der Waals surface area contributed by atoms with Crippen molar-refractivity contribution in [3.05, 3.63) is 28.3 Å². The first-order valence-electron chi connectivity index (χ1n) is 3.05. The second kappa shape index (κ2) is 2.61. The lowest BCUT2D eigenvalue weighted by Gasteiger charge is -1.96. The fraction of sp³-hybridized carbons (Fsp3) is 0. The van der Waals surface area contributed by atoms with Gasteiger partial charge in [0.25, 0.3) is 5.69 Å². The normalized spacial score (nSPS) is 9.45. The van der Waals surface area contributed by atoms with Crippen molar-refractivity contribution in [2.24, 2.45) is 0 Å². The summed E-state index contributed by atoms with van der Waals surface area (Å²) >= 11 is 0. The summed E-state index contributed by atoms with van der Waals surface area (Å²) in [6.45, 7) is 0. The van der Waals surface area contributed by atoms with Crippen LogP contribution in [-0.4, -0.2) is 17.9 Å². The van der Waals surface area contributed by atoms with E-state index in [1.165, 1.54) is 18.2 Å². The molecule has 1 N–H and O–H groups in total. The fourth-order valence-corrected chi connectivity index (χ4v) is 0.844. The molecule has 0 aliphatic carbocycles. The molecular formula is C6H6BNO3. The Morgan fingerprint density at radius 2 is 2.18 bits per heavy atom. The van der Waals surface area contributed by atoms with Crippen LogP contribution in [0.4, 0.5) is 5.69 Å². The summed E-state index contributed by atoms with van der Waals surface area (Å²) in [6.07, 6.45) is 0. The van der Waals surface area contributed by atoms with E-state index in [4.69, 9.17) is 5.11 Å². The van der Waals surface area contributed by atoms with E-state index in [1.54, 1.807) is 7.85 Å². The van der Waals surface area contributed by atoms with E-state index in [2.05, 4.69) is 0 Å².